The van der Waals surface area contributed by atoms with Gasteiger partial charge in [0.1, 0.15) is 5.82 Å². The van der Waals surface area contributed by atoms with Crippen molar-refractivity contribution in [2.75, 3.05) is 13.1 Å². The molecule has 1 aliphatic carbocycles. The van der Waals surface area contributed by atoms with E-state index < -0.39 is 0 Å². The normalized spacial score (nSPS) is 23.4. The fourth-order valence-corrected chi connectivity index (χ4v) is 3.12. The zero-order chi connectivity index (χ0) is 11.7. The van der Waals surface area contributed by atoms with Crippen LogP contribution in [0.1, 0.15) is 67.6 Å². The van der Waals surface area contributed by atoms with Crippen LogP contribution in [-0.2, 0) is 0 Å². The highest BCUT2D eigenvalue weighted by Crippen LogP contribution is 2.33. The molecular formula is C14H23N3. The molecule has 17 heavy (non-hydrogen) atoms. The predicted octanol–water partition coefficient (Wildman–Crippen LogP) is 2.84. The third-order valence-corrected chi connectivity index (χ3v) is 4.35. The molecule has 0 amide bonds. The van der Waals surface area contributed by atoms with Crippen LogP contribution in [0.4, 0.5) is 0 Å². The zero-order valence-electron chi connectivity index (χ0n) is 10.8. The first-order valence-electron chi connectivity index (χ1n) is 7.11. The van der Waals surface area contributed by atoms with Gasteiger partial charge in [-0.1, -0.05) is 25.7 Å². The Hall–Kier alpha value is -0.830. The van der Waals surface area contributed by atoms with Crippen molar-refractivity contribution in [1.82, 2.24) is 15.3 Å². The van der Waals surface area contributed by atoms with Crippen LogP contribution in [0.2, 0.25) is 0 Å². The van der Waals surface area contributed by atoms with E-state index in [4.69, 9.17) is 4.98 Å². The van der Waals surface area contributed by atoms with Crippen LogP contribution < -0.4 is 5.32 Å². The Morgan fingerprint density at radius 1 is 1.00 bits per heavy atom. The van der Waals surface area contributed by atoms with Crippen molar-refractivity contribution in [1.29, 1.82) is 0 Å². The number of rotatable bonds is 2. The lowest BCUT2D eigenvalue weighted by Crippen LogP contribution is -2.40. The number of imidazole rings is 1. The first-order chi connectivity index (χ1) is 8.34. The second-order valence-corrected chi connectivity index (χ2v) is 5.68. The summed E-state index contributed by atoms with van der Waals surface area (Å²) in [6.45, 7) is 4.39. The lowest BCUT2D eigenvalue weighted by atomic mass is 9.95. The van der Waals surface area contributed by atoms with Gasteiger partial charge in [-0.3, -0.25) is 0 Å². The number of nitrogens with one attached hydrogen (secondary N) is 2. The van der Waals surface area contributed by atoms with Crippen molar-refractivity contribution in [2.45, 2.75) is 57.3 Å². The molecule has 0 radical (unpaired) electrons. The molecule has 0 bridgehead atoms. The lowest BCUT2D eigenvalue weighted by molar-refractivity contribution is 0.431. The Morgan fingerprint density at radius 3 is 2.29 bits per heavy atom. The SMILES string of the molecule is Cc1[nH]c(C2CNC2)nc1C1CCCCCC1. The molecule has 1 aliphatic heterocycles. The summed E-state index contributed by atoms with van der Waals surface area (Å²) in [6.07, 6.45) is 8.29. The summed E-state index contributed by atoms with van der Waals surface area (Å²) in [5.74, 6) is 2.57. The molecule has 2 heterocycles. The van der Waals surface area contributed by atoms with Crippen LogP contribution in [0, 0.1) is 6.92 Å². The van der Waals surface area contributed by atoms with Gasteiger partial charge < -0.3 is 10.3 Å². The van der Waals surface area contributed by atoms with E-state index in [0.29, 0.717) is 5.92 Å². The minimum Gasteiger partial charge on any atom is -0.346 e. The van der Waals surface area contributed by atoms with Crippen molar-refractivity contribution in [3.8, 4) is 0 Å². The van der Waals surface area contributed by atoms with E-state index in [9.17, 15) is 0 Å². The van der Waals surface area contributed by atoms with Crippen molar-refractivity contribution in [3.63, 3.8) is 0 Å². The predicted molar refractivity (Wildman–Crippen MR) is 69.4 cm³/mol. The smallest absolute Gasteiger partial charge is 0.112 e. The van der Waals surface area contributed by atoms with Crippen molar-refractivity contribution >= 4 is 0 Å². The summed E-state index contributed by atoms with van der Waals surface area (Å²) in [7, 11) is 0. The van der Waals surface area contributed by atoms with Crippen LogP contribution >= 0.6 is 0 Å². The second kappa shape index (κ2) is 4.81. The lowest BCUT2D eigenvalue weighted by Gasteiger charge is -2.24. The summed E-state index contributed by atoms with van der Waals surface area (Å²) in [5.41, 5.74) is 2.69. The van der Waals surface area contributed by atoms with Gasteiger partial charge in [0, 0.05) is 30.6 Å². The van der Waals surface area contributed by atoms with Crippen LogP contribution in [0.3, 0.4) is 0 Å². The van der Waals surface area contributed by atoms with Gasteiger partial charge >= 0.3 is 0 Å². The van der Waals surface area contributed by atoms with Crippen LogP contribution in [0.5, 0.6) is 0 Å². The first kappa shape index (κ1) is 11.3. The molecule has 3 rings (SSSR count). The molecule has 2 aliphatic rings. The highest BCUT2D eigenvalue weighted by atomic mass is 15.0. The molecule has 2 N–H and O–H groups in total. The molecule has 94 valence electrons. The van der Waals surface area contributed by atoms with E-state index >= 15 is 0 Å². The van der Waals surface area contributed by atoms with Crippen LogP contribution in [0.15, 0.2) is 0 Å². The summed E-state index contributed by atoms with van der Waals surface area (Å²) < 4.78 is 0. The number of aromatic amines is 1. The third-order valence-electron chi connectivity index (χ3n) is 4.35. The van der Waals surface area contributed by atoms with Crippen LogP contribution in [-0.4, -0.2) is 23.1 Å². The molecule has 0 spiro atoms. The van der Waals surface area contributed by atoms with Gasteiger partial charge in [0.2, 0.25) is 0 Å². The number of aryl methyl sites for hydroxylation is 1. The number of H-pyrrole nitrogens is 1. The van der Waals surface area contributed by atoms with E-state index in [1.54, 1.807) is 0 Å². The van der Waals surface area contributed by atoms with Gasteiger partial charge in [-0.2, -0.15) is 0 Å². The Morgan fingerprint density at radius 2 is 1.71 bits per heavy atom. The molecule has 0 unspecified atom stereocenters. The van der Waals surface area contributed by atoms with Gasteiger partial charge in [0.05, 0.1) is 5.69 Å². The molecule has 1 aromatic rings. The van der Waals surface area contributed by atoms with E-state index in [2.05, 4.69) is 17.2 Å². The van der Waals surface area contributed by atoms with Gasteiger partial charge in [0.25, 0.3) is 0 Å². The summed E-state index contributed by atoms with van der Waals surface area (Å²) in [4.78, 5) is 8.41. The first-order valence-corrected chi connectivity index (χ1v) is 7.11. The Kier molecular flexibility index (Phi) is 3.19. The fraction of sp³-hybridized carbons (Fsp3) is 0.786. The maximum atomic E-state index is 4.90. The van der Waals surface area contributed by atoms with E-state index in [1.165, 1.54) is 55.7 Å². The minimum absolute atomic E-state index is 0.633. The van der Waals surface area contributed by atoms with Gasteiger partial charge in [-0.25, -0.2) is 4.98 Å². The van der Waals surface area contributed by atoms with Crippen molar-refractivity contribution < 1.29 is 0 Å². The highest BCUT2D eigenvalue weighted by molar-refractivity contribution is 5.21. The molecule has 0 aromatic carbocycles. The number of aromatic nitrogens is 2. The average molecular weight is 233 g/mol. The maximum Gasteiger partial charge on any atom is 0.112 e. The largest absolute Gasteiger partial charge is 0.346 e. The average Bonchev–Trinajstić information content (AvgIpc) is 2.51. The molecule has 2 fully saturated rings. The molecule has 0 atom stereocenters. The number of nitrogens with zero attached hydrogens (tertiary/aromatic N) is 1. The van der Waals surface area contributed by atoms with Crippen LogP contribution in [0.25, 0.3) is 0 Å². The van der Waals surface area contributed by atoms with E-state index in [-0.39, 0.29) is 0 Å². The topological polar surface area (TPSA) is 40.7 Å². The molecule has 3 nitrogen and oxygen atoms in total. The summed E-state index contributed by atoms with van der Waals surface area (Å²) >= 11 is 0. The highest BCUT2D eigenvalue weighted by Gasteiger charge is 2.25. The van der Waals surface area contributed by atoms with Gasteiger partial charge in [-0.05, 0) is 19.8 Å². The van der Waals surface area contributed by atoms with Crippen molar-refractivity contribution in [3.05, 3.63) is 17.2 Å². The molecule has 1 aromatic heterocycles. The minimum atomic E-state index is 0.633. The summed E-state index contributed by atoms with van der Waals surface area (Å²) in [5, 5.41) is 3.32. The summed E-state index contributed by atoms with van der Waals surface area (Å²) in [6, 6.07) is 0. The van der Waals surface area contributed by atoms with Gasteiger partial charge in [0.15, 0.2) is 0 Å². The number of hydrogen-bond donors (Lipinski definition) is 2. The Balaban J connectivity index is 1.78. The van der Waals surface area contributed by atoms with E-state index in [0.717, 1.165) is 19.0 Å². The molecular weight excluding hydrogens is 210 g/mol. The molecule has 1 saturated heterocycles. The monoisotopic (exact) mass is 233 g/mol. The second-order valence-electron chi connectivity index (χ2n) is 5.68. The fourth-order valence-electron chi connectivity index (χ4n) is 3.12. The number of hydrogen-bond acceptors (Lipinski definition) is 2. The standard InChI is InChI=1S/C14H23N3/c1-10-13(11-6-4-2-3-5-7-11)17-14(16-10)12-8-15-9-12/h11-12,15H,2-9H2,1H3,(H,16,17). The zero-order valence-corrected chi connectivity index (χ0v) is 10.8. The van der Waals surface area contributed by atoms with Crippen molar-refractivity contribution in [2.24, 2.45) is 0 Å². The maximum absolute atomic E-state index is 4.90. The molecule has 1 saturated carbocycles. The quantitative estimate of drug-likeness (QED) is 0.771. The Labute approximate surface area is 103 Å². The Bertz CT molecular complexity index is 371. The van der Waals surface area contributed by atoms with E-state index in [1.807, 2.05) is 0 Å². The third kappa shape index (κ3) is 2.25. The molecule has 3 heteroatoms. The van der Waals surface area contributed by atoms with Gasteiger partial charge in [-0.15, -0.1) is 0 Å².